The molecule has 1 aliphatic carbocycles. The molecular formula is C19H34IN5O. The van der Waals surface area contributed by atoms with Crippen LogP contribution < -0.4 is 15.5 Å². The zero-order chi connectivity index (χ0) is 18.1. The number of nitrogens with one attached hydrogen (secondary N) is 2. The van der Waals surface area contributed by atoms with Crippen LogP contribution in [0.5, 0.6) is 0 Å². The van der Waals surface area contributed by atoms with Crippen LogP contribution in [0.4, 0.5) is 5.82 Å². The Kier molecular flexibility index (Phi) is 10.2. The number of nitrogens with zero attached hydrogens (tertiary/aromatic N) is 3. The highest BCUT2D eigenvalue weighted by molar-refractivity contribution is 14.0. The monoisotopic (exact) mass is 475 g/mol. The van der Waals surface area contributed by atoms with E-state index in [0.29, 0.717) is 12.0 Å². The molecule has 0 unspecified atom stereocenters. The van der Waals surface area contributed by atoms with Crippen LogP contribution >= 0.6 is 24.0 Å². The predicted octanol–water partition coefficient (Wildman–Crippen LogP) is 3.03. The topological polar surface area (TPSA) is 61.8 Å². The second kappa shape index (κ2) is 11.6. The summed E-state index contributed by atoms with van der Waals surface area (Å²) in [7, 11) is 5.78. The van der Waals surface area contributed by atoms with E-state index in [0.717, 1.165) is 43.5 Å². The van der Waals surface area contributed by atoms with Crippen molar-refractivity contribution in [3.05, 3.63) is 23.9 Å². The van der Waals surface area contributed by atoms with Gasteiger partial charge in [0.2, 0.25) is 0 Å². The minimum Gasteiger partial charge on any atom is -0.385 e. The highest BCUT2D eigenvalue weighted by Crippen LogP contribution is 2.43. The molecule has 0 bridgehead atoms. The fraction of sp³-hybridized carbons (Fsp3) is 0.684. The molecule has 148 valence electrons. The molecule has 0 aromatic carbocycles. The Balaban J connectivity index is 0.00000338. The third kappa shape index (κ3) is 6.90. The SMILES string of the molecule is CCNC(=NCc1ccnc(N(C)C)c1)NCC1(CCOC)CCC1.I. The van der Waals surface area contributed by atoms with Crippen LogP contribution in [0.25, 0.3) is 0 Å². The highest BCUT2D eigenvalue weighted by Gasteiger charge is 2.36. The second-order valence-corrected chi connectivity index (χ2v) is 7.06. The van der Waals surface area contributed by atoms with Crippen LogP contribution in [-0.2, 0) is 11.3 Å². The maximum atomic E-state index is 5.28. The zero-order valence-corrected chi connectivity index (χ0v) is 18.9. The van der Waals surface area contributed by atoms with Crippen LogP contribution in [0.1, 0.15) is 38.2 Å². The van der Waals surface area contributed by atoms with Crippen molar-refractivity contribution >= 4 is 35.8 Å². The van der Waals surface area contributed by atoms with Gasteiger partial charge in [-0.25, -0.2) is 9.98 Å². The first kappa shape index (κ1) is 23.0. The number of rotatable bonds is 9. The summed E-state index contributed by atoms with van der Waals surface area (Å²) in [6.07, 6.45) is 6.84. The second-order valence-electron chi connectivity index (χ2n) is 7.06. The Labute approximate surface area is 175 Å². The largest absolute Gasteiger partial charge is 0.385 e. The predicted molar refractivity (Wildman–Crippen MR) is 120 cm³/mol. The lowest BCUT2D eigenvalue weighted by molar-refractivity contribution is 0.0732. The number of hydrogen-bond donors (Lipinski definition) is 2. The van der Waals surface area contributed by atoms with Crippen molar-refractivity contribution in [3.63, 3.8) is 0 Å². The van der Waals surface area contributed by atoms with Crippen LogP contribution in [0, 0.1) is 5.41 Å². The fourth-order valence-corrected chi connectivity index (χ4v) is 3.10. The van der Waals surface area contributed by atoms with E-state index in [-0.39, 0.29) is 24.0 Å². The Morgan fingerprint density at radius 3 is 2.69 bits per heavy atom. The van der Waals surface area contributed by atoms with Gasteiger partial charge in [0.25, 0.3) is 0 Å². The molecule has 1 fully saturated rings. The number of hydrogen-bond acceptors (Lipinski definition) is 4. The quantitative estimate of drug-likeness (QED) is 0.327. The normalized spacial score (nSPS) is 15.6. The van der Waals surface area contributed by atoms with Gasteiger partial charge in [0, 0.05) is 47.1 Å². The van der Waals surface area contributed by atoms with E-state index in [1.54, 1.807) is 7.11 Å². The summed E-state index contributed by atoms with van der Waals surface area (Å²) < 4.78 is 5.28. The maximum absolute atomic E-state index is 5.28. The average molecular weight is 475 g/mol. The van der Waals surface area contributed by atoms with Crippen molar-refractivity contribution in [2.24, 2.45) is 10.4 Å². The van der Waals surface area contributed by atoms with Gasteiger partial charge in [-0.2, -0.15) is 0 Å². The van der Waals surface area contributed by atoms with E-state index in [1.807, 2.05) is 31.3 Å². The first-order valence-corrected chi connectivity index (χ1v) is 9.22. The number of halogens is 1. The summed E-state index contributed by atoms with van der Waals surface area (Å²) >= 11 is 0. The summed E-state index contributed by atoms with van der Waals surface area (Å²) in [5, 5.41) is 6.89. The molecule has 2 rings (SSSR count). The molecule has 6 nitrogen and oxygen atoms in total. The first-order valence-electron chi connectivity index (χ1n) is 9.22. The number of ether oxygens (including phenoxy) is 1. The molecule has 2 N–H and O–H groups in total. The van der Waals surface area contributed by atoms with E-state index in [9.17, 15) is 0 Å². The van der Waals surface area contributed by atoms with Gasteiger partial charge in [-0.1, -0.05) is 6.42 Å². The van der Waals surface area contributed by atoms with Crippen LogP contribution in [0.15, 0.2) is 23.3 Å². The van der Waals surface area contributed by atoms with E-state index in [2.05, 4.69) is 28.6 Å². The third-order valence-corrected chi connectivity index (χ3v) is 4.91. The summed E-state index contributed by atoms with van der Waals surface area (Å²) in [5.74, 6) is 1.84. The van der Waals surface area contributed by atoms with Crippen molar-refractivity contribution < 1.29 is 4.74 Å². The Morgan fingerprint density at radius 1 is 1.35 bits per heavy atom. The summed E-state index contributed by atoms with van der Waals surface area (Å²) in [6, 6.07) is 4.10. The van der Waals surface area contributed by atoms with E-state index < -0.39 is 0 Å². The standard InChI is InChI=1S/C19H33N5O.HI/c1-5-20-18(23-15-19(8-6-9-19)10-12-25-4)22-14-16-7-11-21-17(13-16)24(2)3;/h7,11,13H,5-6,8-10,12,14-15H2,1-4H3,(H2,20,22,23);1H. The maximum Gasteiger partial charge on any atom is 0.191 e. The zero-order valence-electron chi connectivity index (χ0n) is 16.5. The number of aromatic nitrogens is 1. The lowest BCUT2D eigenvalue weighted by atomic mass is 9.67. The lowest BCUT2D eigenvalue weighted by Gasteiger charge is -2.42. The minimum absolute atomic E-state index is 0. The molecule has 26 heavy (non-hydrogen) atoms. The highest BCUT2D eigenvalue weighted by atomic mass is 127. The number of aliphatic imine (C=N–C) groups is 1. The number of anilines is 1. The van der Waals surface area contributed by atoms with Gasteiger partial charge in [0.15, 0.2) is 5.96 Å². The van der Waals surface area contributed by atoms with Crippen molar-refractivity contribution in [2.75, 3.05) is 45.8 Å². The fourth-order valence-electron chi connectivity index (χ4n) is 3.10. The molecule has 0 spiro atoms. The van der Waals surface area contributed by atoms with Crippen LogP contribution in [-0.4, -0.2) is 51.8 Å². The summed E-state index contributed by atoms with van der Waals surface area (Å²) in [4.78, 5) is 11.1. The summed E-state index contributed by atoms with van der Waals surface area (Å²) in [6.45, 7) is 5.39. The van der Waals surface area contributed by atoms with E-state index >= 15 is 0 Å². The molecule has 0 atom stereocenters. The first-order chi connectivity index (χ1) is 12.1. The lowest BCUT2D eigenvalue weighted by Crippen LogP contribution is -2.46. The molecule has 1 aromatic rings. The Morgan fingerprint density at radius 2 is 2.12 bits per heavy atom. The van der Waals surface area contributed by atoms with Crippen LogP contribution in [0.3, 0.4) is 0 Å². The van der Waals surface area contributed by atoms with Crippen molar-refractivity contribution in [1.29, 1.82) is 0 Å². The molecule has 0 saturated heterocycles. The van der Waals surface area contributed by atoms with Gasteiger partial charge in [0.1, 0.15) is 5.82 Å². The van der Waals surface area contributed by atoms with Gasteiger partial charge >= 0.3 is 0 Å². The average Bonchev–Trinajstić information content (AvgIpc) is 2.58. The van der Waals surface area contributed by atoms with Crippen molar-refractivity contribution in [3.8, 4) is 0 Å². The molecule has 1 aromatic heterocycles. The Hall–Kier alpha value is -1.09. The van der Waals surface area contributed by atoms with Gasteiger partial charge in [-0.05, 0) is 49.3 Å². The number of pyridine rings is 1. The molecule has 1 saturated carbocycles. The molecule has 1 aliphatic rings. The van der Waals surface area contributed by atoms with Gasteiger partial charge < -0.3 is 20.3 Å². The Bertz CT molecular complexity index is 561. The third-order valence-electron chi connectivity index (χ3n) is 4.91. The van der Waals surface area contributed by atoms with Crippen molar-refractivity contribution in [2.45, 2.75) is 39.2 Å². The molecule has 0 radical (unpaired) electrons. The molecule has 0 amide bonds. The van der Waals surface area contributed by atoms with E-state index in [1.165, 1.54) is 19.3 Å². The van der Waals surface area contributed by atoms with Crippen LogP contribution in [0.2, 0.25) is 0 Å². The van der Waals surface area contributed by atoms with Crippen molar-refractivity contribution in [1.82, 2.24) is 15.6 Å². The molecule has 7 heteroatoms. The molecular weight excluding hydrogens is 441 g/mol. The smallest absolute Gasteiger partial charge is 0.191 e. The van der Waals surface area contributed by atoms with Gasteiger partial charge in [-0.3, -0.25) is 0 Å². The minimum atomic E-state index is 0. The summed E-state index contributed by atoms with van der Waals surface area (Å²) in [5.41, 5.74) is 1.54. The molecule has 0 aliphatic heterocycles. The van der Waals surface area contributed by atoms with E-state index in [4.69, 9.17) is 9.73 Å². The number of guanidine groups is 1. The number of methoxy groups -OCH3 is 1. The molecule has 1 heterocycles. The van der Waals surface area contributed by atoms with Gasteiger partial charge in [0.05, 0.1) is 6.54 Å². The van der Waals surface area contributed by atoms with Gasteiger partial charge in [-0.15, -0.1) is 24.0 Å².